The summed E-state index contributed by atoms with van der Waals surface area (Å²) < 4.78 is 12.9. The Balaban J connectivity index is 2.62. The summed E-state index contributed by atoms with van der Waals surface area (Å²) in [7, 11) is 0. The lowest BCUT2D eigenvalue weighted by molar-refractivity contribution is -0.131. The third kappa shape index (κ3) is 4.50. The molecule has 1 amide bonds. The third-order valence-electron chi connectivity index (χ3n) is 2.34. The van der Waals surface area contributed by atoms with Gasteiger partial charge in [-0.1, -0.05) is 12.1 Å². The number of aliphatic hydroxyl groups excluding tert-OH is 2. The van der Waals surface area contributed by atoms with E-state index in [1.54, 1.807) is 12.1 Å². The Kier molecular flexibility index (Phi) is 5.59. The quantitative estimate of drug-likeness (QED) is 0.747. The first-order chi connectivity index (χ1) is 8.17. The Labute approximate surface area is 99.3 Å². The summed E-state index contributed by atoms with van der Waals surface area (Å²) in [5, 5.41) is 17.6. The molecular weight excluding hydrogens is 225 g/mol. The minimum absolute atomic E-state index is 0.0672. The molecule has 0 aromatic heterocycles. The highest BCUT2D eigenvalue weighted by atomic mass is 19.1. The van der Waals surface area contributed by atoms with E-state index >= 15 is 0 Å². The Bertz CT molecular complexity index is 365. The summed E-state index contributed by atoms with van der Waals surface area (Å²) >= 11 is 0. The van der Waals surface area contributed by atoms with E-state index in [1.807, 2.05) is 0 Å². The summed E-state index contributed by atoms with van der Waals surface area (Å²) in [6.45, 7) is 0.0349. The molecule has 1 rings (SSSR count). The van der Waals surface area contributed by atoms with Crippen LogP contribution in [0, 0.1) is 5.82 Å². The van der Waals surface area contributed by atoms with Gasteiger partial charge >= 0.3 is 0 Å². The number of benzene rings is 1. The molecule has 0 aliphatic rings. The molecule has 17 heavy (non-hydrogen) atoms. The molecule has 4 nitrogen and oxygen atoms in total. The number of hydrogen-bond donors (Lipinski definition) is 2. The van der Waals surface area contributed by atoms with Crippen molar-refractivity contribution in [3.8, 4) is 0 Å². The Morgan fingerprint density at radius 1 is 1.24 bits per heavy atom. The van der Waals surface area contributed by atoms with Gasteiger partial charge in [-0.2, -0.15) is 0 Å². The van der Waals surface area contributed by atoms with Crippen molar-refractivity contribution < 1.29 is 19.4 Å². The van der Waals surface area contributed by atoms with E-state index in [1.165, 1.54) is 17.0 Å². The Morgan fingerprint density at radius 2 is 1.88 bits per heavy atom. The zero-order valence-corrected chi connectivity index (χ0v) is 9.47. The fraction of sp³-hybridized carbons (Fsp3) is 0.417. The second-order valence-corrected chi connectivity index (χ2v) is 3.63. The maximum atomic E-state index is 12.9. The summed E-state index contributed by atoms with van der Waals surface area (Å²) in [5.74, 6) is -0.620. The maximum Gasteiger partial charge on any atom is 0.227 e. The van der Waals surface area contributed by atoms with Gasteiger partial charge < -0.3 is 15.1 Å². The number of aliphatic hydroxyl groups is 2. The van der Waals surface area contributed by atoms with E-state index in [-0.39, 0.29) is 44.4 Å². The average molecular weight is 241 g/mol. The van der Waals surface area contributed by atoms with E-state index in [0.29, 0.717) is 5.56 Å². The van der Waals surface area contributed by atoms with Crippen molar-refractivity contribution in [1.29, 1.82) is 0 Å². The van der Waals surface area contributed by atoms with Crippen LogP contribution in [-0.4, -0.2) is 47.3 Å². The molecule has 94 valence electrons. The first-order valence-corrected chi connectivity index (χ1v) is 5.41. The molecule has 0 bridgehead atoms. The van der Waals surface area contributed by atoms with Crippen LogP contribution in [-0.2, 0) is 11.2 Å². The summed E-state index contributed by atoms with van der Waals surface area (Å²) in [5.41, 5.74) is 0.580. The molecule has 0 unspecified atom stereocenters. The second-order valence-electron chi connectivity index (χ2n) is 3.63. The number of carbonyl (C=O) groups is 1. The van der Waals surface area contributed by atoms with Gasteiger partial charge in [-0.05, 0) is 17.7 Å². The Morgan fingerprint density at radius 3 is 2.41 bits per heavy atom. The van der Waals surface area contributed by atoms with E-state index in [0.717, 1.165) is 0 Å². The van der Waals surface area contributed by atoms with Crippen LogP contribution in [0.1, 0.15) is 5.56 Å². The molecule has 2 N–H and O–H groups in total. The minimum atomic E-state index is -0.383. The lowest BCUT2D eigenvalue weighted by atomic mass is 10.1. The normalized spacial score (nSPS) is 10.3. The Hall–Kier alpha value is -1.46. The van der Waals surface area contributed by atoms with Crippen LogP contribution < -0.4 is 0 Å². The first kappa shape index (κ1) is 13.6. The van der Waals surface area contributed by atoms with E-state index in [4.69, 9.17) is 10.2 Å². The summed E-state index contributed by atoms with van der Waals surface area (Å²) in [6.07, 6.45) is 0.0672. The highest BCUT2D eigenvalue weighted by Crippen LogP contribution is 2.06. The minimum Gasteiger partial charge on any atom is -0.395 e. The number of carbonyl (C=O) groups excluding carboxylic acids is 1. The van der Waals surface area contributed by atoms with Crippen LogP contribution in [0.3, 0.4) is 0 Å². The molecule has 0 fully saturated rings. The lowest BCUT2D eigenvalue weighted by Gasteiger charge is -2.20. The summed E-state index contributed by atoms with van der Waals surface area (Å²) in [4.78, 5) is 13.1. The summed E-state index contributed by atoms with van der Waals surface area (Å²) in [6, 6.07) is 5.82. The van der Waals surface area contributed by atoms with Crippen molar-refractivity contribution in [2.45, 2.75) is 6.42 Å². The first-order valence-electron chi connectivity index (χ1n) is 5.41. The van der Waals surface area contributed by atoms with Crippen LogP contribution in [0.15, 0.2) is 24.3 Å². The van der Waals surface area contributed by atoms with Crippen molar-refractivity contribution in [3.05, 3.63) is 35.6 Å². The van der Waals surface area contributed by atoms with Gasteiger partial charge in [-0.25, -0.2) is 4.39 Å². The number of rotatable bonds is 6. The molecule has 0 radical (unpaired) electrons. The molecule has 1 aromatic carbocycles. The smallest absolute Gasteiger partial charge is 0.227 e. The fourth-order valence-electron chi connectivity index (χ4n) is 1.54. The maximum absolute atomic E-state index is 12.9. The number of halogens is 1. The predicted octanol–water partition coefficient (Wildman–Crippen LogP) is 0.181. The predicted molar refractivity (Wildman–Crippen MR) is 60.9 cm³/mol. The van der Waals surface area contributed by atoms with Crippen LogP contribution in [0.4, 0.5) is 4.39 Å². The van der Waals surface area contributed by atoms with E-state index < -0.39 is 0 Å². The van der Waals surface area contributed by atoms with Crippen LogP contribution in [0.5, 0.6) is 0 Å². The van der Waals surface area contributed by atoms with Crippen LogP contribution in [0.25, 0.3) is 0 Å². The highest BCUT2D eigenvalue weighted by molar-refractivity contribution is 5.78. The molecule has 1 aromatic rings. The molecule has 0 heterocycles. The molecular formula is C12H16FNO3. The van der Waals surface area contributed by atoms with Gasteiger partial charge in [0.1, 0.15) is 5.82 Å². The number of nitrogens with zero attached hydrogens (tertiary/aromatic N) is 1. The second kappa shape index (κ2) is 6.98. The van der Waals surface area contributed by atoms with E-state index in [2.05, 4.69) is 0 Å². The van der Waals surface area contributed by atoms with Crippen LogP contribution in [0.2, 0.25) is 0 Å². The van der Waals surface area contributed by atoms with Crippen LogP contribution >= 0.6 is 0 Å². The number of amides is 1. The molecule has 5 heteroatoms. The molecule has 0 saturated heterocycles. The van der Waals surface area contributed by atoms with Gasteiger partial charge in [-0.3, -0.25) is 4.79 Å². The standard InChI is InChI=1S/C12H16FNO3/c13-11-3-1-2-10(8-11)9-12(17)14(4-6-15)5-7-16/h1-3,8,15-16H,4-7,9H2. The lowest BCUT2D eigenvalue weighted by Crippen LogP contribution is -2.36. The molecule has 0 atom stereocenters. The zero-order valence-electron chi connectivity index (χ0n) is 9.47. The fourth-order valence-corrected chi connectivity index (χ4v) is 1.54. The van der Waals surface area contributed by atoms with Gasteiger partial charge in [0.05, 0.1) is 19.6 Å². The van der Waals surface area contributed by atoms with Crippen molar-refractivity contribution in [2.24, 2.45) is 0 Å². The van der Waals surface area contributed by atoms with Crippen molar-refractivity contribution in [2.75, 3.05) is 26.3 Å². The van der Waals surface area contributed by atoms with Gasteiger partial charge in [0.15, 0.2) is 0 Å². The molecule has 0 saturated carbocycles. The van der Waals surface area contributed by atoms with Crippen molar-refractivity contribution in [1.82, 2.24) is 4.90 Å². The van der Waals surface area contributed by atoms with E-state index in [9.17, 15) is 9.18 Å². The van der Waals surface area contributed by atoms with Crippen molar-refractivity contribution in [3.63, 3.8) is 0 Å². The van der Waals surface area contributed by atoms with Gasteiger partial charge in [0.2, 0.25) is 5.91 Å². The average Bonchev–Trinajstić information content (AvgIpc) is 2.28. The van der Waals surface area contributed by atoms with Gasteiger partial charge in [0, 0.05) is 13.1 Å². The molecule has 0 spiro atoms. The van der Waals surface area contributed by atoms with Gasteiger partial charge in [0.25, 0.3) is 0 Å². The zero-order chi connectivity index (χ0) is 12.7. The van der Waals surface area contributed by atoms with Crippen molar-refractivity contribution >= 4 is 5.91 Å². The SMILES string of the molecule is O=C(Cc1cccc(F)c1)N(CCO)CCO. The molecule has 0 aliphatic heterocycles. The largest absolute Gasteiger partial charge is 0.395 e. The topological polar surface area (TPSA) is 60.8 Å². The monoisotopic (exact) mass is 241 g/mol. The highest BCUT2D eigenvalue weighted by Gasteiger charge is 2.13. The molecule has 0 aliphatic carbocycles. The van der Waals surface area contributed by atoms with Gasteiger partial charge in [-0.15, -0.1) is 0 Å². The number of hydrogen-bond acceptors (Lipinski definition) is 3. The third-order valence-corrected chi connectivity index (χ3v) is 2.34.